The van der Waals surface area contributed by atoms with Crippen LogP contribution < -0.4 is 5.32 Å². The minimum atomic E-state index is -0.108. The van der Waals surface area contributed by atoms with Gasteiger partial charge in [0.1, 0.15) is 5.82 Å². The summed E-state index contributed by atoms with van der Waals surface area (Å²) in [6.45, 7) is 2.10. The van der Waals surface area contributed by atoms with E-state index in [1.807, 2.05) is 18.2 Å². The summed E-state index contributed by atoms with van der Waals surface area (Å²) in [4.78, 5) is 0. The van der Waals surface area contributed by atoms with E-state index in [1.165, 1.54) is 5.56 Å². The lowest BCUT2D eigenvalue weighted by Crippen LogP contribution is -2.24. The summed E-state index contributed by atoms with van der Waals surface area (Å²) in [5.74, 6) is 0.473. The van der Waals surface area contributed by atoms with Gasteiger partial charge in [0, 0.05) is 23.6 Å². The van der Waals surface area contributed by atoms with E-state index in [0.29, 0.717) is 12.0 Å². The van der Waals surface area contributed by atoms with E-state index in [4.69, 9.17) is 0 Å². The van der Waals surface area contributed by atoms with Crippen LogP contribution in [-0.2, 0) is 0 Å². The molecule has 2 aromatic rings. The van der Waals surface area contributed by atoms with Crippen LogP contribution in [0.5, 0.6) is 0 Å². The van der Waals surface area contributed by atoms with Crippen molar-refractivity contribution in [3.8, 4) is 0 Å². The van der Waals surface area contributed by atoms with E-state index in [0.717, 1.165) is 18.4 Å². The average molecular weight is 269 g/mol. The molecule has 2 heteroatoms. The van der Waals surface area contributed by atoms with Gasteiger partial charge in [0.25, 0.3) is 0 Å². The Balaban J connectivity index is 1.68. The van der Waals surface area contributed by atoms with Crippen LogP contribution in [-0.4, -0.2) is 6.04 Å². The van der Waals surface area contributed by atoms with E-state index in [2.05, 4.69) is 36.5 Å². The van der Waals surface area contributed by atoms with Gasteiger partial charge in [-0.2, -0.15) is 0 Å². The van der Waals surface area contributed by atoms with Gasteiger partial charge in [0.05, 0.1) is 0 Å². The van der Waals surface area contributed by atoms with Gasteiger partial charge in [-0.1, -0.05) is 55.5 Å². The van der Waals surface area contributed by atoms with E-state index >= 15 is 0 Å². The topological polar surface area (TPSA) is 12.0 Å². The van der Waals surface area contributed by atoms with Crippen LogP contribution in [0.1, 0.15) is 42.9 Å². The smallest absolute Gasteiger partial charge is 0.127 e. The number of hydrogen-bond acceptors (Lipinski definition) is 1. The lowest BCUT2D eigenvalue weighted by molar-refractivity contribution is 0.482. The molecule has 1 nitrogen and oxygen atoms in total. The van der Waals surface area contributed by atoms with Crippen molar-refractivity contribution in [2.24, 2.45) is 0 Å². The van der Waals surface area contributed by atoms with Gasteiger partial charge in [-0.3, -0.25) is 0 Å². The van der Waals surface area contributed by atoms with Gasteiger partial charge < -0.3 is 5.32 Å². The third-order valence-corrected chi connectivity index (χ3v) is 4.12. The second-order valence-electron chi connectivity index (χ2n) is 5.51. The zero-order chi connectivity index (χ0) is 13.9. The Labute approximate surface area is 119 Å². The molecule has 0 spiro atoms. The fraction of sp³-hybridized carbons (Fsp3) is 0.333. The summed E-state index contributed by atoms with van der Waals surface area (Å²) in [5, 5.41) is 3.61. The first kappa shape index (κ1) is 13.3. The number of hydrogen-bond donors (Lipinski definition) is 1. The highest BCUT2D eigenvalue weighted by molar-refractivity contribution is 5.29. The zero-order valence-corrected chi connectivity index (χ0v) is 11.7. The molecular formula is C18H20FN. The summed E-state index contributed by atoms with van der Waals surface area (Å²) in [5.41, 5.74) is 2.17. The second-order valence-corrected chi connectivity index (χ2v) is 5.51. The molecule has 0 radical (unpaired) electrons. The Morgan fingerprint density at radius 3 is 2.50 bits per heavy atom. The Kier molecular flexibility index (Phi) is 3.83. The van der Waals surface area contributed by atoms with Gasteiger partial charge in [0.15, 0.2) is 0 Å². The fourth-order valence-corrected chi connectivity index (χ4v) is 2.89. The van der Waals surface area contributed by atoms with Crippen LogP contribution in [0.3, 0.4) is 0 Å². The third-order valence-electron chi connectivity index (χ3n) is 4.12. The highest BCUT2D eigenvalue weighted by atomic mass is 19.1. The van der Waals surface area contributed by atoms with E-state index in [9.17, 15) is 4.39 Å². The molecule has 1 N–H and O–H groups in total. The van der Waals surface area contributed by atoms with Crippen molar-refractivity contribution in [2.45, 2.75) is 37.8 Å². The van der Waals surface area contributed by atoms with Gasteiger partial charge in [0.2, 0.25) is 0 Å². The van der Waals surface area contributed by atoms with Crippen LogP contribution >= 0.6 is 0 Å². The van der Waals surface area contributed by atoms with E-state index in [1.54, 1.807) is 12.1 Å². The lowest BCUT2D eigenvalue weighted by atomic mass is 10.0. The molecule has 0 aliphatic heterocycles. The SMILES string of the molecule is CCC(NC1CC1c1ccccc1)c1ccccc1F. The van der Waals surface area contributed by atoms with Crippen molar-refractivity contribution in [3.63, 3.8) is 0 Å². The van der Waals surface area contributed by atoms with Crippen molar-refractivity contribution in [3.05, 3.63) is 71.5 Å². The number of rotatable bonds is 5. The number of halogens is 1. The first-order valence-electron chi connectivity index (χ1n) is 7.35. The highest BCUT2D eigenvalue weighted by Crippen LogP contribution is 2.42. The Bertz CT molecular complexity index is 567. The Hall–Kier alpha value is -1.67. The minimum absolute atomic E-state index is 0.106. The number of benzene rings is 2. The van der Waals surface area contributed by atoms with Crippen molar-refractivity contribution < 1.29 is 4.39 Å². The molecule has 0 bridgehead atoms. The molecule has 1 fully saturated rings. The van der Waals surface area contributed by atoms with Crippen LogP contribution in [0.25, 0.3) is 0 Å². The predicted octanol–water partition coefficient (Wildman–Crippen LogP) is 4.42. The molecule has 0 amide bonds. The summed E-state index contributed by atoms with van der Waals surface area (Å²) in [6, 6.07) is 18.2. The minimum Gasteiger partial charge on any atom is -0.306 e. The summed E-state index contributed by atoms with van der Waals surface area (Å²) < 4.78 is 13.9. The van der Waals surface area contributed by atoms with Crippen molar-refractivity contribution in [1.82, 2.24) is 5.32 Å². The Morgan fingerprint density at radius 1 is 1.10 bits per heavy atom. The fourth-order valence-electron chi connectivity index (χ4n) is 2.89. The Morgan fingerprint density at radius 2 is 1.80 bits per heavy atom. The first-order chi connectivity index (χ1) is 9.79. The largest absolute Gasteiger partial charge is 0.306 e. The van der Waals surface area contributed by atoms with Crippen molar-refractivity contribution >= 4 is 0 Å². The van der Waals surface area contributed by atoms with Crippen LogP contribution in [0.15, 0.2) is 54.6 Å². The van der Waals surface area contributed by atoms with E-state index < -0.39 is 0 Å². The molecular weight excluding hydrogens is 249 g/mol. The lowest BCUT2D eigenvalue weighted by Gasteiger charge is -2.18. The molecule has 1 saturated carbocycles. The second kappa shape index (κ2) is 5.76. The zero-order valence-electron chi connectivity index (χ0n) is 11.7. The van der Waals surface area contributed by atoms with Gasteiger partial charge in [-0.25, -0.2) is 4.39 Å². The van der Waals surface area contributed by atoms with Crippen molar-refractivity contribution in [2.75, 3.05) is 0 Å². The summed E-state index contributed by atoms with van der Waals surface area (Å²) in [7, 11) is 0. The maximum Gasteiger partial charge on any atom is 0.127 e. The quantitative estimate of drug-likeness (QED) is 0.847. The van der Waals surface area contributed by atoms with Crippen LogP contribution in [0, 0.1) is 5.82 Å². The molecule has 1 aliphatic carbocycles. The summed E-state index contributed by atoms with van der Waals surface area (Å²) in [6.07, 6.45) is 2.05. The molecule has 3 unspecified atom stereocenters. The van der Waals surface area contributed by atoms with Crippen molar-refractivity contribution in [1.29, 1.82) is 0 Å². The first-order valence-corrected chi connectivity index (χ1v) is 7.35. The molecule has 3 rings (SSSR count). The van der Waals surface area contributed by atoms with Gasteiger partial charge in [-0.15, -0.1) is 0 Å². The van der Waals surface area contributed by atoms with Gasteiger partial charge in [-0.05, 0) is 24.5 Å². The number of nitrogens with one attached hydrogen (secondary N) is 1. The maximum atomic E-state index is 13.9. The molecule has 1 aliphatic rings. The molecule has 0 heterocycles. The highest BCUT2D eigenvalue weighted by Gasteiger charge is 2.39. The molecule has 3 atom stereocenters. The van der Waals surface area contributed by atoms with Crippen LogP contribution in [0.4, 0.5) is 4.39 Å². The monoisotopic (exact) mass is 269 g/mol. The molecule has 20 heavy (non-hydrogen) atoms. The molecule has 104 valence electrons. The van der Waals surface area contributed by atoms with Crippen LogP contribution in [0.2, 0.25) is 0 Å². The molecule has 0 saturated heterocycles. The third kappa shape index (κ3) is 2.75. The predicted molar refractivity (Wildman–Crippen MR) is 80.2 cm³/mol. The standard InChI is InChI=1S/C18H20FN/c1-2-17(14-10-6-7-11-16(14)19)20-18-12-15(18)13-8-4-3-5-9-13/h3-11,15,17-18,20H,2,12H2,1H3. The average Bonchev–Trinajstić information content (AvgIpc) is 3.26. The van der Waals surface area contributed by atoms with E-state index in [-0.39, 0.29) is 11.9 Å². The maximum absolute atomic E-state index is 13.9. The normalized spacial score (nSPS) is 22.5. The molecule has 0 aromatic heterocycles. The molecule has 2 aromatic carbocycles. The summed E-state index contributed by atoms with van der Waals surface area (Å²) >= 11 is 0. The van der Waals surface area contributed by atoms with Gasteiger partial charge >= 0.3 is 0 Å².